The zero-order valence-electron chi connectivity index (χ0n) is 10.3. The van der Waals surface area contributed by atoms with Crippen molar-refractivity contribution in [2.45, 2.75) is 38.8 Å². The third-order valence-corrected chi connectivity index (χ3v) is 3.36. The number of aryl methyl sites for hydroxylation is 1. The Morgan fingerprint density at radius 3 is 2.69 bits per heavy atom. The van der Waals surface area contributed by atoms with E-state index in [1.807, 2.05) is 0 Å². The minimum atomic E-state index is 0.450. The second-order valence-corrected chi connectivity index (χ2v) is 4.84. The maximum atomic E-state index is 3.69. The standard InChI is InChI=1S/C14H22N2/c1-11-5-7-13(8-6-11)12(2)16-14-4-3-9-15-10-14/h5-8,12,14-16H,3-4,9-10H2,1-2H3/t12-,14?/m1/s1. The molecule has 2 nitrogen and oxygen atoms in total. The minimum absolute atomic E-state index is 0.450. The van der Waals surface area contributed by atoms with Gasteiger partial charge in [0, 0.05) is 18.6 Å². The summed E-state index contributed by atoms with van der Waals surface area (Å²) in [5.74, 6) is 0. The van der Waals surface area contributed by atoms with Crippen molar-refractivity contribution in [3.63, 3.8) is 0 Å². The first-order valence-corrected chi connectivity index (χ1v) is 6.29. The summed E-state index contributed by atoms with van der Waals surface area (Å²) in [5.41, 5.74) is 2.71. The molecule has 1 heterocycles. The maximum absolute atomic E-state index is 3.69. The molecule has 1 aromatic rings. The summed E-state index contributed by atoms with van der Waals surface area (Å²) in [6.45, 7) is 6.67. The lowest BCUT2D eigenvalue weighted by atomic mass is 10.0. The Labute approximate surface area is 98.4 Å². The number of piperidine rings is 1. The van der Waals surface area contributed by atoms with Crippen LogP contribution in [0, 0.1) is 6.92 Å². The molecule has 0 aromatic heterocycles. The first-order valence-electron chi connectivity index (χ1n) is 6.29. The van der Waals surface area contributed by atoms with E-state index in [9.17, 15) is 0 Å². The average Bonchev–Trinajstić information content (AvgIpc) is 2.31. The highest BCUT2D eigenvalue weighted by molar-refractivity contribution is 5.23. The lowest BCUT2D eigenvalue weighted by Gasteiger charge is -2.27. The van der Waals surface area contributed by atoms with Crippen molar-refractivity contribution in [1.29, 1.82) is 0 Å². The molecule has 0 spiro atoms. The van der Waals surface area contributed by atoms with E-state index in [2.05, 4.69) is 48.7 Å². The molecule has 1 aliphatic rings. The molecule has 0 amide bonds. The molecule has 1 unspecified atom stereocenters. The van der Waals surface area contributed by atoms with Crippen LogP contribution in [0.25, 0.3) is 0 Å². The smallest absolute Gasteiger partial charge is 0.0294 e. The van der Waals surface area contributed by atoms with Crippen molar-refractivity contribution in [3.05, 3.63) is 35.4 Å². The highest BCUT2D eigenvalue weighted by Gasteiger charge is 2.15. The zero-order valence-corrected chi connectivity index (χ0v) is 10.3. The summed E-state index contributed by atoms with van der Waals surface area (Å²) in [7, 11) is 0. The molecule has 1 aliphatic heterocycles. The van der Waals surface area contributed by atoms with Gasteiger partial charge in [0.05, 0.1) is 0 Å². The predicted molar refractivity (Wildman–Crippen MR) is 68.6 cm³/mol. The maximum Gasteiger partial charge on any atom is 0.0294 e. The van der Waals surface area contributed by atoms with E-state index in [-0.39, 0.29) is 0 Å². The van der Waals surface area contributed by atoms with Crippen molar-refractivity contribution >= 4 is 0 Å². The second kappa shape index (κ2) is 5.46. The van der Waals surface area contributed by atoms with Gasteiger partial charge < -0.3 is 10.6 Å². The molecular formula is C14H22N2. The molecule has 0 saturated carbocycles. The van der Waals surface area contributed by atoms with Crippen LogP contribution in [0.15, 0.2) is 24.3 Å². The van der Waals surface area contributed by atoms with E-state index in [4.69, 9.17) is 0 Å². The van der Waals surface area contributed by atoms with Gasteiger partial charge in [0.1, 0.15) is 0 Å². The van der Waals surface area contributed by atoms with Gasteiger partial charge in [-0.15, -0.1) is 0 Å². The van der Waals surface area contributed by atoms with Gasteiger partial charge in [0.2, 0.25) is 0 Å². The van der Waals surface area contributed by atoms with Crippen LogP contribution in [0.1, 0.15) is 36.9 Å². The molecule has 2 N–H and O–H groups in total. The Balaban J connectivity index is 1.91. The summed E-state index contributed by atoms with van der Waals surface area (Å²) >= 11 is 0. The topological polar surface area (TPSA) is 24.1 Å². The van der Waals surface area contributed by atoms with Gasteiger partial charge in [-0.05, 0) is 38.8 Å². The number of hydrogen-bond acceptors (Lipinski definition) is 2. The van der Waals surface area contributed by atoms with Gasteiger partial charge in [-0.2, -0.15) is 0 Å². The highest BCUT2D eigenvalue weighted by Crippen LogP contribution is 2.15. The Morgan fingerprint density at radius 2 is 2.06 bits per heavy atom. The molecule has 2 atom stereocenters. The largest absolute Gasteiger partial charge is 0.315 e. The molecule has 2 rings (SSSR count). The highest BCUT2D eigenvalue weighted by atomic mass is 15.0. The molecule has 0 bridgehead atoms. The van der Waals surface area contributed by atoms with E-state index >= 15 is 0 Å². The fourth-order valence-electron chi connectivity index (χ4n) is 2.30. The molecule has 1 aromatic carbocycles. The van der Waals surface area contributed by atoms with Gasteiger partial charge in [-0.25, -0.2) is 0 Å². The SMILES string of the molecule is Cc1ccc([C@@H](C)NC2CCCNC2)cc1. The van der Waals surface area contributed by atoms with Crippen LogP contribution in [0.3, 0.4) is 0 Å². The van der Waals surface area contributed by atoms with E-state index in [0.717, 1.165) is 6.54 Å². The summed E-state index contributed by atoms with van der Waals surface area (Å²) in [6, 6.07) is 9.90. The minimum Gasteiger partial charge on any atom is -0.315 e. The van der Waals surface area contributed by atoms with Crippen molar-refractivity contribution < 1.29 is 0 Å². The quantitative estimate of drug-likeness (QED) is 0.814. The zero-order chi connectivity index (χ0) is 11.4. The lowest BCUT2D eigenvalue weighted by Crippen LogP contribution is -2.43. The lowest BCUT2D eigenvalue weighted by molar-refractivity contribution is 0.362. The number of nitrogens with one attached hydrogen (secondary N) is 2. The molecule has 0 aliphatic carbocycles. The average molecular weight is 218 g/mol. The second-order valence-electron chi connectivity index (χ2n) is 4.84. The van der Waals surface area contributed by atoms with Crippen LogP contribution < -0.4 is 10.6 Å². The Bertz CT molecular complexity index is 312. The first-order chi connectivity index (χ1) is 7.75. The van der Waals surface area contributed by atoms with Crippen molar-refractivity contribution in [3.8, 4) is 0 Å². The van der Waals surface area contributed by atoms with Gasteiger partial charge in [-0.3, -0.25) is 0 Å². The molecule has 1 saturated heterocycles. The van der Waals surface area contributed by atoms with Crippen LogP contribution in [0.5, 0.6) is 0 Å². The van der Waals surface area contributed by atoms with Crippen LogP contribution in [-0.2, 0) is 0 Å². The third-order valence-electron chi connectivity index (χ3n) is 3.36. The molecular weight excluding hydrogens is 196 g/mol. The molecule has 16 heavy (non-hydrogen) atoms. The van der Waals surface area contributed by atoms with Crippen molar-refractivity contribution in [2.75, 3.05) is 13.1 Å². The summed E-state index contributed by atoms with van der Waals surface area (Å²) in [4.78, 5) is 0. The normalized spacial score (nSPS) is 23.0. The molecule has 0 radical (unpaired) electrons. The molecule has 2 heteroatoms. The van der Waals surface area contributed by atoms with E-state index < -0.39 is 0 Å². The van der Waals surface area contributed by atoms with Crippen LogP contribution in [0.4, 0.5) is 0 Å². The fraction of sp³-hybridized carbons (Fsp3) is 0.571. The Morgan fingerprint density at radius 1 is 1.31 bits per heavy atom. The Hall–Kier alpha value is -0.860. The van der Waals surface area contributed by atoms with E-state index in [0.29, 0.717) is 12.1 Å². The fourth-order valence-corrected chi connectivity index (χ4v) is 2.30. The van der Waals surface area contributed by atoms with E-state index in [1.54, 1.807) is 0 Å². The number of rotatable bonds is 3. The predicted octanol–water partition coefficient (Wildman–Crippen LogP) is 2.40. The van der Waals surface area contributed by atoms with Crippen LogP contribution in [-0.4, -0.2) is 19.1 Å². The molecule has 1 fully saturated rings. The third kappa shape index (κ3) is 3.06. The van der Waals surface area contributed by atoms with Gasteiger partial charge in [0.25, 0.3) is 0 Å². The van der Waals surface area contributed by atoms with Gasteiger partial charge in [0.15, 0.2) is 0 Å². The monoisotopic (exact) mass is 218 g/mol. The van der Waals surface area contributed by atoms with Gasteiger partial charge >= 0.3 is 0 Å². The summed E-state index contributed by atoms with van der Waals surface area (Å²) in [6.07, 6.45) is 2.58. The number of hydrogen-bond donors (Lipinski definition) is 2. The number of benzene rings is 1. The summed E-state index contributed by atoms with van der Waals surface area (Å²) < 4.78 is 0. The van der Waals surface area contributed by atoms with Crippen molar-refractivity contribution in [2.24, 2.45) is 0 Å². The first kappa shape index (κ1) is 11.6. The summed E-state index contributed by atoms with van der Waals surface area (Å²) in [5, 5.41) is 7.13. The van der Waals surface area contributed by atoms with Crippen LogP contribution >= 0.6 is 0 Å². The van der Waals surface area contributed by atoms with Crippen LogP contribution in [0.2, 0.25) is 0 Å². The van der Waals surface area contributed by atoms with Gasteiger partial charge in [-0.1, -0.05) is 29.8 Å². The van der Waals surface area contributed by atoms with E-state index in [1.165, 1.54) is 30.5 Å². The van der Waals surface area contributed by atoms with Crippen molar-refractivity contribution in [1.82, 2.24) is 10.6 Å². The Kier molecular flexibility index (Phi) is 3.97. The molecule has 88 valence electrons.